The molecular weight excluding hydrogens is 410 g/mol. The van der Waals surface area contributed by atoms with Crippen molar-refractivity contribution in [2.75, 3.05) is 26.7 Å². The molecule has 0 N–H and O–H groups in total. The van der Waals surface area contributed by atoms with Gasteiger partial charge < -0.3 is 14.5 Å². The van der Waals surface area contributed by atoms with Crippen LogP contribution in [0.4, 0.5) is 0 Å². The summed E-state index contributed by atoms with van der Waals surface area (Å²) in [5.74, 6) is 0.781. The van der Waals surface area contributed by atoms with Crippen LogP contribution in [0, 0.1) is 6.92 Å². The number of aryl methyl sites for hydroxylation is 1. The largest absolute Gasteiger partial charge is 0.489 e. The molecule has 172 valence electrons. The summed E-state index contributed by atoms with van der Waals surface area (Å²) in [5.41, 5.74) is 4.15. The Morgan fingerprint density at radius 2 is 1.88 bits per heavy atom. The first kappa shape index (κ1) is 23.0. The van der Waals surface area contributed by atoms with E-state index in [9.17, 15) is 4.79 Å². The maximum atomic E-state index is 13.2. The highest BCUT2D eigenvalue weighted by Crippen LogP contribution is 2.21. The number of piperidine rings is 1. The van der Waals surface area contributed by atoms with E-state index in [-0.39, 0.29) is 11.9 Å². The predicted octanol–water partition coefficient (Wildman–Crippen LogP) is 4.75. The zero-order valence-electron chi connectivity index (χ0n) is 19.6. The van der Waals surface area contributed by atoms with Crippen molar-refractivity contribution in [3.05, 3.63) is 95.3 Å². The Bertz CT molecular complexity index is 1050. The molecule has 0 unspecified atom stereocenters. The number of amides is 1. The van der Waals surface area contributed by atoms with E-state index in [1.165, 1.54) is 5.56 Å². The van der Waals surface area contributed by atoms with Gasteiger partial charge in [0.15, 0.2) is 0 Å². The van der Waals surface area contributed by atoms with E-state index in [1.807, 2.05) is 60.6 Å². The summed E-state index contributed by atoms with van der Waals surface area (Å²) in [4.78, 5) is 22.0. The van der Waals surface area contributed by atoms with E-state index >= 15 is 0 Å². The minimum atomic E-state index is 0.0583. The number of hydrogen-bond donors (Lipinski definition) is 0. The summed E-state index contributed by atoms with van der Waals surface area (Å²) < 4.78 is 5.96. The molecule has 5 nitrogen and oxygen atoms in total. The highest BCUT2D eigenvalue weighted by atomic mass is 16.5. The van der Waals surface area contributed by atoms with Gasteiger partial charge >= 0.3 is 0 Å². The van der Waals surface area contributed by atoms with Crippen LogP contribution in [0.15, 0.2) is 72.9 Å². The first-order chi connectivity index (χ1) is 16.1. The van der Waals surface area contributed by atoms with Crippen LogP contribution in [0.1, 0.15) is 40.0 Å². The first-order valence-electron chi connectivity index (χ1n) is 11.8. The second-order valence-corrected chi connectivity index (χ2v) is 8.87. The SMILES string of the molecule is Cc1cccc(COc2cccc(C(=O)N(C)C3CCN(CCc4ccccn4)CC3)c2)c1. The fraction of sp³-hybridized carbons (Fsp3) is 0.357. The molecule has 0 aliphatic carbocycles. The van der Waals surface area contributed by atoms with Crippen LogP contribution in [0.5, 0.6) is 5.75 Å². The molecule has 5 heteroatoms. The number of likely N-dealkylation sites (tertiary alicyclic amines) is 1. The number of carbonyl (C=O) groups is 1. The maximum Gasteiger partial charge on any atom is 0.253 e. The van der Waals surface area contributed by atoms with Gasteiger partial charge in [0.05, 0.1) is 0 Å². The normalized spacial score (nSPS) is 14.7. The van der Waals surface area contributed by atoms with Crippen molar-refractivity contribution in [1.29, 1.82) is 0 Å². The Morgan fingerprint density at radius 1 is 1.06 bits per heavy atom. The van der Waals surface area contributed by atoms with Gasteiger partial charge in [-0.2, -0.15) is 0 Å². The minimum absolute atomic E-state index is 0.0583. The zero-order chi connectivity index (χ0) is 23.0. The molecule has 1 aliphatic rings. The lowest BCUT2D eigenvalue weighted by molar-refractivity contribution is 0.0643. The van der Waals surface area contributed by atoms with Crippen LogP contribution in [0.25, 0.3) is 0 Å². The number of ether oxygens (including phenoxy) is 1. The second-order valence-electron chi connectivity index (χ2n) is 8.87. The molecule has 2 aromatic carbocycles. The van der Waals surface area contributed by atoms with Crippen LogP contribution in [0.3, 0.4) is 0 Å². The number of hydrogen-bond acceptors (Lipinski definition) is 4. The highest BCUT2D eigenvalue weighted by molar-refractivity contribution is 5.94. The Labute approximate surface area is 197 Å². The van der Waals surface area contributed by atoms with E-state index in [0.29, 0.717) is 12.2 Å². The number of rotatable bonds is 8. The van der Waals surface area contributed by atoms with Crippen molar-refractivity contribution in [3.63, 3.8) is 0 Å². The van der Waals surface area contributed by atoms with Crippen LogP contribution in [-0.2, 0) is 13.0 Å². The summed E-state index contributed by atoms with van der Waals surface area (Å²) in [6.07, 6.45) is 4.81. The van der Waals surface area contributed by atoms with Gasteiger partial charge in [-0.1, -0.05) is 42.0 Å². The third kappa shape index (κ3) is 6.42. The van der Waals surface area contributed by atoms with Crippen molar-refractivity contribution in [2.45, 2.75) is 38.8 Å². The molecule has 0 bridgehead atoms. The molecule has 0 spiro atoms. The Morgan fingerprint density at radius 3 is 2.64 bits per heavy atom. The van der Waals surface area contributed by atoms with Gasteiger partial charge in [-0.25, -0.2) is 0 Å². The van der Waals surface area contributed by atoms with Gasteiger partial charge in [-0.3, -0.25) is 9.78 Å². The van der Waals surface area contributed by atoms with E-state index in [2.05, 4.69) is 41.1 Å². The molecule has 1 aromatic heterocycles. The van der Waals surface area contributed by atoms with Crippen LogP contribution < -0.4 is 4.74 Å². The standard InChI is InChI=1S/C28H33N3O2/c1-22-7-5-8-23(19-22)21-33-27-11-6-9-24(20-27)28(32)30(2)26-13-17-31(18-14-26)16-12-25-10-3-4-15-29-25/h3-11,15,19-20,26H,12-14,16-18,21H2,1-2H3. The number of nitrogens with zero attached hydrogens (tertiary/aromatic N) is 3. The van der Waals surface area contributed by atoms with E-state index in [0.717, 1.165) is 55.9 Å². The summed E-state index contributed by atoms with van der Waals surface area (Å²) in [6, 6.07) is 22.2. The third-order valence-electron chi connectivity index (χ3n) is 6.40. The second kappa shape index (κ2) is 11.1. The number of aromatic nitrogens is 1. The smallest absolute Gasteiger partial charge is 0.253 e. The molecular formula is C28H33N3O2. The van der Waals surface area contributed by atoms with Gasteiger partial charge in [0.2, 0.25) is 0 Å². The van der Waals surface area contributed by atoms with Gasteiger partial charge in [0, 0.05) is 56.6 Å². The molecule has 0 saturated carbocycles. The quantitative estimate of drug-likeness (QED) is 0.504. The van der Waals surface area contributed by atoms with Crippen molar-refractivity contribution in [2.24, 2.45) is 0 Å². The average molecular weight is 444 g/mol. The first-order valence-corrected chi connectivity index (χ1v) is 11.8. The van der Waals surface area contributed by atoms with Crippen molar-refractivity contribution < 1.29 is 9.53 Å². The molecule has 1 aliphatic heterocycles. The fourth-order valence-corrected chi connectivity index (χ4v) is 4.41. The summed E-state index contributed by atoms with van der Waals surface area (Å²) >= 11 is 0. The van der Waals surface area contributed by atoms with E-state index in [4.69, 9.17) is 4.74 Å². The van der Waals surface area contributed by atoms with Gasteiger partial charge in [-0.15, -0.1) is 0 Å². The molecule has 3 aromatic rings. The Hall–Kier alpha value is -3.18. The highest BCUT2D eigenvalue weighted by Gasteiger charge is 2.26. The zero-order valence-corrected chi connectivity index (χ0v) is 19.6. The molecule has 1 saturated heterocycles. The average Bonchev–Trinajstić information content (AvgIpc) is 2.86. The van der Waals surface area contributed by atoms with Crippen LogP contribution >= 0.6 is 0 Å². The van der Waals surface area contributed by atoms with Crippen molar-refractivity contribution in [3.8, 4) is 5.75 Å². The fourth-order valence-electron chi connectivity index (χ4n) is 4.41. The minimum Gasteiger partial charge on any atom is -0.489 e. The molecule has 33 heavy (non-hydrogen) atoms. The molecule has 1 fully saturated rings. The van der Waals surface area contributed by atoms with E-state index < -0.39 is 0 Å². The predicted molar refractivity (Wildman–Crippen MR) is 131 cm³/mol. The lowest BCUT2D eigenvalue weighted by atomic mass is 10.0. The van der Waals surface area contributed by atoms with Crippen LogP contribution in [0.2, 0.25) is 0 Å². The lowest BCUT2D eigenvalue weighted by Crippen LogP contribution is -2.46. The number of pyridine rings is 1. The van der Waals surface area contributed by atoms with Crippen molar-refractivity contribution in [1.82, 2.24) is 14.8 Å². The summed E-state index contributed by atoms with van der Waals surface area (Å²) in [5, 5.41) is 0. The monoisotopic (exact) mass is 443 g/mol. The van der Waals surface area contributed by atoms with Gasteiger partial charge in [-0.05, 0) is 55.7 Å². The number of benzene rings is 2. The van der Waals surface area contributed by atoms with Crippen molar-refractivity contribution >= 4 is 5.91 Å². The molecule has 0 atom stereocenters. The summed E-state index contributed by atoms with van der Waals surface area (Å²) in [6.45, 7) is 5.60. The van der Waals surface area contributed by atoms with Gasteiger partial charge in [0.1, 0.15) is 12.4 Å². The molecule has 0 radical (unpaired) electrons. The lowest BCUT2D eigenvalue weighted by Gasteiger charge is -2.36. The molecule has 4 rings (SSSR count). The van der Waals surface area contributed by atoms with E-state index in [1.54, 1.807) is 0 Å². The maximum absolute atomic E-state index is 13.2. The van der Waals surface area contributed by atoms with Crippen LogP contribution in [-0.4, -0.2) is 53.4 Å². The Balaban J connectivity index is 1.28. The van der Waals surface area contributed by atoms with Gasteiger partial charge in [0.25, 0.3) is 5.91 Å². The summed E-state index contributed by atoms with van der Waals surface area (Å²) in [7, 11) is 1.93. The third-order valence-corrected chi connectivity index (χ3v) is 6.40. The molecule has 1 amide bonds. The number of carbonyl (C=O) groups excluding carboxylic acids is 1. The topological polar surface area (TPSA) is 45.7 Å². The Kier molecular flexibility index (Phi) is 7.74. The molecule has 2 heterocycles.